The average molecular weight is 569 g/mol. The SMILES string of the molecule is CCCNC(=O)[C@@H](C)N(Cc1cccc(Br)c1)C(=O)CCCN(c1ccc(OC)cc1)S(C)(=O)=O. The number of amides is 2. The smallest absolute Gasteiger partial charge is 0.242 e. The molecule has 2 aromatic carbocycles. The lowest BCUT2D eigenvalue weighted by molar-refractivity contribution is -0.140. The van der Waals surface area contributed by atoms with Crippen molar-refractivity contribution in [2.45, 2.75) is 45.7 Å². The minimum atomic E-state index is -3.55. The highest BCUT2D eigenvalue weighted by Gasteiger charge is 2.26. The monoisotopic (exact) mass is 567 g/mol. The summed E-state index contributed by atoms with van der Waals surface area (Å²) in [5, 5.41) is 2.85. The van der Waals surface area contributed by atoms with Gasteiger partial charge in [0.05, 0.1) is 19.1 Å². The van der Waals surface area contributed by atoms with Crippen LogP contribution in [0.1, 0.15) is 38.7 Å². The normalized spacial score (nSPS) is 12.0. The lowest BCUT2D eigenvalue weighted by Crippen LogP contribution is -2.47. The second kappa shape index (κ2) is 13.5. The van der Waals surface area contributed by atoms with E-state index in [0.29, 0.717) is 24.4 Å². The van der Waals surface area contributed by atoms with Gasteiger partial charge in [-0.25, -0.2) is 8.42 Å². The van der Waals surface area contributed by atoms with Crippen molar-refractivity contribution in [3.05, 3.63) is 58.6 Å². The summed E-state index contributed by atoms with van der Waals surface area (Å²) in [5.74, 6) is 0.189. The van der Waals surface area contributed by atoms with Gasteiger partial charge >= 0.3 is 0 Å². The van der Waals surface area contributed by atoms with Gasteiger partial charge in [-0.3, -0.25) is 13.9 Å². The summed E-state index contributed by atoms with van der Waals surface area (Å²) in [6.45, 7) is 4.62. The van der Waals surface area contributed by atoms with E-state index in [1.165, 1.54) is 4.31 Å². The number of anilines is 1. The molecule has 0 aliphatic heterocycles. The third-order valence-corrected chi connectivity index (χ3v) is 7.16. The maximum atomic E-state index is 13.3. The van der Waals surface area contributed by atoms with Crippen LogP contribution in [0.4, 0.5) is 5.69 Å². The van der Waals surface area contributed by atoms with Crippen molar-refractivity contribution in [3.8, 4) is 5.75 Å². The van der Waals surface area contributed by atoms with Gasteiger partial charge in [-0.05, 0) is 61.7 Å². The molecule has 2 aromatic rings. The van der Waals surface area contributed by atoms with Crippen LogP contribution in [0.25, 0.3) is 0 Å². The van der Waals surface area contributed by atoms with Gasteiger partial charge < -0.3 is 15.0 Å². The van der Waals surface area contributed by atoms with Gasteiger partial charge in [0.2, 0.25) is 21.8 Å². The molecule has 0 heterocycles. The third kappa shape index (κ3) is 8.85. The average Bonchev–Trinajstić information content (AvgIpc) is 2.82. The van der Waals surface area contributed by atoms with Crippen LogP contribution in [-0.4, -0.2) is 57.6 Å². The summed E-state index contributed by atoms with van der Waals surface area (Å²) in [6.07, 6.45) is 2.33. The fourth-order valence-electron chi connectivity index (χ4n) is 3.56. The Morgan fingerprint density at radius 3 is 2.40 bits per heavy atom. The molecule has 1 N–H and O–H groups in total. The minimum Gasteiger partial charge on any atom is -0.497 e. The van der Waals surface area contributed by atoms with Crippen LogP contribution < -0.4 is 14.4 Å². The zero-order chi connectivity index (χ0) is 26.0. The van der Waals surface area contributed by atoms with E-state index in [0.717, 1.165) is 22.7 Å². The van der Waals surface area contributed by atoms with Crippen LogP contribution in [0.3, 0.4) is 0 Å². The molecule has 10 heteroatoms. The maximum absolute atomic E-state index is 13.3. The van der Waals surface area contributed by atoms with Gasteiger partial charge in [0.15, 0.2) is 0 Å². The molecule has 0 spiro atoms. The maximum Gasteiger partial charge on any atom is 0.242 e. The van der Waals surface area contributed by atoms with E-state index < -0.39 is 16.1 Å². The molecule has 0 unspecified atom stereocenters. The predicted molar refractivity (Wildman–Crippen MR) is 142 cm³/mol. The summed E-state index contributed by atoms with van der Waals surface area (Å²) in [7, 11) is -2.01. The zero-order valence-electron chi connectivity index (χ0n) is 20.7. The van der Waals surface area contributed by atoms with E-state index in [2.05, 4.69) is 21.2 Å². The van der Waals surface area contributed by atoms with E-state index in [4.69, 9.17) is 4.74 Å². The van der Waals surface area contributed by atoms with E-state index in [9.17, 15) is 18.0 Å². The summed E-state index contributed by atoms with van der Waals surface area (Å²) in [5.41, 5.74) is 1.39. The second-order valence-electron chi connectivity index (χ2n) is 8.26. The molecule has 0 saturated heterocycles. The lowest BCUT2D eigenvalue weighted by atomic mass is 10.1. The Balaban J connectivity index is 2.14. The van der Waals surface area contributed by atoms with Crippen molar-refractivity contribution in [3.63, 3.8) is 0 Å². The number of carbonyl (C=O) groups excluding carboxylic acids is 2. The van der Waals surface area contributed by atoms with E-state index in [1.807, 2.05) is 31.2 Å². The van der Waals surface area contributed by atoms with E-state index in [-0.39, 0.29) is 31.3 Å². The van der Waals surface area contributed by atoms with Gasteiger partial charge in [-0.15, -0.1) is 0 Å². The first kappa shape index (κ1) is 28.6. The van der Waals surface area contributed by atoms with Crippen LogP contribution in [0.15, 0.2) is 53.0 Å². The molecule has 35 heavy (non-hydrogen) atoms. The van der Waals surface area contributed by atoms with Crippen LogP contribution in [0.5, 0.6) is 5.75 Å². The standard InChI is InChI=1S/C25H34BrN3O5S/c1-5-15-27-25(31)19(2)28(18-20-8-6-9-21(26)17-20)24(30)10-7-16-29(35(4,32)33)22-11-13-23(34-3)14-12-22/h6,8-9,11-14,17,19H,5,7,10,15-16,18H2,1-4H3,(H,27,31)/t19-/m1/s1. The lowest BCUT2D eigenvalue weighted by Gasteiger charge is -2.29. The molecule has 0 aliphatic carbocycles. The molecule has 192 valence electrons. The Labute approximate surface area is 216 Å². The molecule has 0 fully saturated rings. The first-order chi connectivity index (χ1) is 16.6. The van der Waals surface area contributed by atoms with Gasteiger partial charge in [-0.2, -0.15) is 0 Å². The number of benzene rings is 2. The predicted octanol–water partition coefficient (Wildman–Crippen LogP) is 3.95. The molecule has 0 radical (unpaired) electrons. The summed E-state index contributed by atoms with van der Waals surface area (Å²) < 4.78 is 32.1. The number of ether oxygens (including phenoxy) is 1. The summed E-state index contributed by atoms with van der Waals surface area (Å²) in [4.78, 5) is 27.4. The Bertz CT molecular complexity index is 1090. The molecular formula is C25H34BrN3O5S. The van der Waals surface area contributed by atoms with Gasteiger partial charge in [0.25, 0.3) is 0 Å². The summed E-state index contributed by atoms with van der Waals surface area (Å²) >= 11 is 3.44. The largest absolute Gasteiger partial charge is 0.497 e. The number of methoxy groups -OCH3 is 1. The number of nitrogens with zero attached hydrogens (tertiary/aromatic N) is 2. The van der Waals surface area contributed by atoms with Crippen molar-refractivity contribution in [2.24, 2.45) is 0 Å². The Hall–Kier alpha value is -2.59. The first-order valence-corrected chi connectivity index (χ1v) is 14.1. The minimum absolute atomic E-state index is 0.0988. The van der Waals surface area contributed by atoms with Crippen LogP contribution in [0, 0.1) is 0 Å². The number of carbonyl (C=O) groups is 2. The molecule has 2 amide bonds. The highest BCUT2D eigenvalue weighted by molar-refractivity contribution is 9.10. The zero-order valence-corrected chi connectivity index (χ0v) is 23.1. The van der Waals surface area contributed by atoms with E-state index in [1.54, 1.807) is 43.2 Å². The van der Waals surface area contributed by atoms with Gasteiger partial charge in [0, 0.05) is 30.5 Å². The van der Waals surface area contributed by atoms with Crippen LogP contribution >= 0.6 is 15.9 Å². The number of hydrogen-bond donors (Lipinski definition) is 1. The fourth-order valence-corrected chi connectivity index (χ4v) is 4.97. The first-order valence-electron chi connectivity index (χ1n) is 11.5. The van der Waals surface area contributed by atoms with Gasteiger partial charge in [-0.1, -0.05) is 35.0 Å². The number of sulfonamides is 1. The van der Waals surface area contributed by atoms with Gasteiger partial charge in [0.1, 0.15) is 11.8 Å². The number of hydrogen-bond acceptors (Lipinski definition) is 5. The molecule has 0 aromatic heterocycles. The highest BCUT2D eigenvalue weighted by Crippen LogP contribution is 2.22. The van der Waals surface area contributed by atoms with Crippen molar-refractivity contribution < 1.29 is 22.7 Å². The van der Waals surface area contributed by atoms with Crippen LogP contribution in [0.2, 0.25) is 0 Å². The third-order valence-electron chi connectivity index (χ3n) is 5.47. The Kier molecular flexibility index (Phi) is 11.0. The van der Waals surface area contributed by atoms with Crippen molar-refractivity contribution in [2.75, 3.05) is 30.8 Å². The molecular weight excluding hydrogens is 534 g/mol. The fraction of sp³-hybridized carbons (Fsp3) is 0.440. The van der Waals surface area contributed by atoms with Crippen molar-refractivity contribution in [1.82, 2.24) is 10.2 Å². The number of halogens is 1. The second-order valence-corrected chi connectivity index (χ2v) is 11.1. The van der Waals surface area contributed by atoms with E-state index >= 15 is 0 Å². The van der Waals surface area contributed by atoms with Crippen molar-refractivity contribution >= 4 is 43.5 Å². The van der Waals surface area contributed by atoms with Crippen molar-refractivity contribution in [1.29, 1.82) is 0 Å². The van der Waals surface area contributed by atoms with Crippen LogP contribution in [-0.2, 0) is 26.2 Å². The number of rotatable bonds is 13. The summed E-state index contributed by atoms with van der Waals surface area (Å²) in [6, 6.07) is 13.6. The molecule has 2 rings (SSSR count). The highest BCUT2D eigenvalue weighted by atomic mass is 79.9. The topological polar surface area (TPSA) is 96.0 Å². The molecule has 1 atom stereocenters. The Morgan fingerprint density at radius 2 is 1.83 bits per heavy atom. The molecule has 0 bridgehead atoms. The molecule has 8 nitrogen and oxygen atoms in total. The molecule has 0 saturated carbocycles. The molecule has 0 aliphatic rings. The quantitative estimate of drug-likeness (QED) is 0.395. The number of nitrogens with one attached hydrogen (secondary N) is 1. The Morgan fingerprint density at radius 1 is 1.14 bits per heavy atom.